The number of rotatable bonds is 5. The molecule has 2 aromatic rings. The maximum absolute atomic E-state index is 11.8. The second-order valence-electron chi connectivity index (χ2n) is 5.47. The summed E-state index contributed by atoms with van der Waals surface area (Å²) in [6.45, 7) is 5.80. The number of benzene rings is 2. The maximum atomic E-state index is 11.8. The highest BCUT2D eigenvalue weighted by atomic mass is 16.3. The summed E-state index contributed by atoms with van der Waals surface area (Å²) in [6, 6.07) is 13.0. The zero-order valence-electron chi connectivity index (χ0n) is 13.6. The highest BCUT2D eigenvalue weighted by Crippen LogP contribution is 2.18. The van der Waals surface area contributed by atoms with Crippen molar-refractivity contribution in [2.45, 2.75) is 20.8 Å². The molecule has 0 spiro atoms. The standard InChI is InChI=1S/C18H21N3O2/c1-12-4-7-15(8-5-12)19-11-18(23)21-20-14(3)16-10-13(2)6-9-17(16)22/h4-10,19,22H,11H2,1-3H3,(H,21,23)/b20-14+. The van der Waals surface area contributed by atoms with Crippen LogP contribution in [0.1, 0.15) is 23.6 Å². The summed E-state index contributed by atoms with van der Waals surface area (Å²) in [5.41, 5.74) is 6.70. The normalized spacial score (nSPS) is 11.2. The zero-order chi connectivity index (χ0) is 16.8. The van der Waals surface area contributed by atoms with E-state index in [-0.39, 0.29) is 18.2 Å². The van der Waals surface area contributed by atoms with Crippen LogP contribution < -0.4 is 10.7 Å². The fourth-order valence-corrected chi connectivity index (χ4v) is 2.04. The molecule has 0 unspecified atom stereocenters. The number of aryl methyl sites for hydroxylation is 2. The van der Waals surface area contributed by atoms with E-state index in [0.717, 1.165) is 16.8 Å². The summed E-state index contributed by atoms with van der Waals surface area (Å²) < 4.78 is 0. The van der Waals surface area contributed by atoms with Crippen LogP contribution in [0.2, 0.25) is 0 Å². The topological polar surface area (TPSA) is 73.7 Å². The molecule has 1 amide bonds. The Bertz CT molecular complexity index is 722. The maximum Gasteiger partial charge on any atom is 0.259 e. The van der Waals surface area contributed by atoms with Crippen LogP contribution in [0.5, 0.6) is 5.75 Å². The van der Waals surface area contributed by atoms with Crippen LogP contribution in [0.25, 0.3) is 0 Å². The van der Waals surface area contributed by atoms with Gasteiger partial charge in [-0.1, -0.05) is 29.3 Å². The van der Waals surface area contributed by atoms with E-state index in [1.165, 1.54) is 0 Å². The Labute approximate surface area is 136 Å². The molecule has 2 rings (SSSR count). The molecule has 0 bridgehead atoms. The first-order chi connectivity index (χ1) is 11.0. The zero-order valence-corrected chi connectivity index (χ0v) is 13.6. The first kappa shape index (κ1) is 16.5. The van der Waals surface area contributed by atoms with Crippen LogP contribution in [0, 0.1) is 13.8 Å². The van der Waals surface area contributed by atoms with Crippen molar-refractivity contribution in [3.05, 3.63) is 59.2 Å². The second-order valence-corrected chi connectivity index (χ2v) is 5.47. The number of hydrogen-bond donors (Lipinski definition) is 3. The van der Waals surface area contributed by atoms with Gasteiger partial charge in [0.2, 0.25) is 0 Å². The molecular weight excluding hydrogens is 290 g/mol. The van der Waals surface area contributed by atoms with Gasteiger partial charge >= 0.3 is 0 Å². The summed E-state index contributed by atoms with van der Waals surface area (Å²) >= 11 is 0. The second kappa shape index (κ2) is 7.45. The molecule has 23 heavy (non-hydrogen) atoms. The largest absolute Gasteiger partial charge is 0.507 e. The number of anilines is 1. The summed E-state index contributed by atoms with van der Waals surface area (Å²) in [5, 5.41) is 16.9. The highest BCUT2D eigenvalue weighted by Gasteiger charge is 2.06. The van der Waals surface area contributed by atoms with E-state index in [4.69, 9.17) is 0 Å². The first-order valence-electron chi connectivity index (χ1n) is 7.39. The van der Waals surface area contributed by atoms with E-state index in [9.17, 15) is 9.90 Å². The lowest BCUT2D eigenvalue weighted by Crippen LogP contribution is -2.26. The van der Waals surface area contributed by atoms with Gasteiger partial charge in [0.1, 0.15) is 5.75 Å². The van der Waals surface area contributed by atoms with Gasteiger partial charge in [0, 0.05) is 11.3 Å². The average molecular weight is 311 g/mol. The molecule has 0 radical (unpaired) electrons. The molecule has 120 valence electrons. The van der Waals surface area contributed by atoms with Crippen molar-refractivity contribution in [1.29, 1.82) is 0 Å². The van der Waals surface area contributed by atoms with Gasteiger partial charge in [-0.15, -0.1) is 0 Å². The number of amides is 1. The monoisotopic (exact) mass is 311 g/mol. The van der Waals surface area contributed by atoms with Crippen LogP contribution in [0.3, 0.4) is 0 Å². The number of carbonyl (C=O) groups excluding carboxylic acids is 1. The lowest BCUT2D eigenvalue weighted by Gasteiger charge is -2.07. The van der Waals surface area contributed by atoms with E-state index in [1.807, 2.05) is 50.2 Å². The van der Waals surface area contributed by atoms with Crippen molar-refractivity contribution in [3.63, 3.8) is 0 Å². The summed E-state index contributed by atoms with van der Waals surface area (Å²) in [5.74, 6) is -0.110. The molecule has 0 aliphatic carbocycles. The molecule has 5 heteroatoms. The van der Waals surface area contributed by atoms with Crippen LogP contribution >= 0.6 is 0 Å². The van der Waals surface area contributed by atoms with E-state index in [0.29, 0.717) is 11.3 Å². The van der Waals surface area contributed by atoms with Crippen molar-refractivity contribution in [2.75, 3.05) is 11.9 Å². The molecule has 0 heterocycles. The summed E-state index contributed by atoms with van der Waals surface area (Å²) in [6.07, 6.45) is 0. The fraction of sp³-hybridized carbons (Fsp3) is 0.222. The number of phenols is 1. The van der Waals surface area contributed by atoms with E-state index in [1.54, 1.807) is 13.0 Å². The molecule has 0 atom stereocenters. The number of hydrazone groups is 1. The molecule has 0 saturated heterocycles. The smallest absolute Gasteiger partial charge is 0.259 e. The molecule has 3 N–H and O–H groups in total. The Morgan fingerprint density at radius 1 is 1.09 bits per heavy atom. The molecular formula is C18H21N3O2. The number of carbonyl (C=O) groups is 1. The van der Waals surface area contributed by atoms with Gasteiger partial charge in [-0.3, -0.25) is 4.79 Å². The van der Waals surface area contributed by atoms with Crippen LogP contribution in [-0.4, -0.2) is 23.3 Å². The van der Waals surface area contributed by atoms with Crippen molar-refractivity contribution in [2.24, 2.45) is 5.10 Å². The number of phenolic OH excluding ortho intramolecular Hbond substituents is 1. The Kier molecular flexibility index (Phi) is 5.36. The number of nitrogens with one attached hydrogen (secondary N) is 2. The van der Waals surface area contributed by atoms with Crippen molar-refractivity contribution < 1.29 is 9.90 Å². The fourth-order valence-electron chi connectivity index (χ4n) is 2.04. The van der Waals surface area contributed by atoms with Crippen LogP contribution in [0.4, 0.5) is 5.69 Å². The Balaban J connectivity index is 1.92. The predicted octanol–water partition coefficient (Wildman–Crippen LogP) is 2.96. The van der Waals surface area contributed by atoms with E-state index in [2.05, 4.69) is 15.8 Å². The Morgan fingerprint density at radius 2 is 1.74 bits per heavy atom. The van der Waals surface area contributed by atoms with Gasteiger partial charge in [0.05, 0.1) is 12.3 Å². The van der Waals surface area contributed by atoms with Crippen molar-refractivity contribution in [1.82, 2.24) is 5.43 Å². The van der Waals surface area contributed by atoms with Gasteiger partial charge in [-0.25, -0.2) is 5.43 Å². The Morgan fingerprint density at radius 3 is 2.43 bits per heavy atom. The van der Waals surface area contributed by atoms with E-state index >= 15 is 0 Å². The molecule has 0 aliphatic rings. The molecule has 2 aromatic carbocycles. The molecule has 5 nitrogen and oxygen atoms in total. The van der Waals surface area contributed by atoms with Crippen molar-refractivity contribution >= 4 is 17.3 Å². The van der Waals surface area contributed by atoms with E-state index < -0.39 is 0 Å². The Hall–Kier alpha value is -2.82. The van der Waals surface area contributed by atoms with Crippen molar-refractivity contribution in [3.8, 4) is 5.75 Å². The highest BCUT2D eigenvalue weighted by molar-refractivity contribution is 6.01. The van der Waals surface area contributed by atoms with Gasteiger partial charge < -0.3 is 10.4 Å². The molecule has 0 fully saturated rings. The van der Waals surface area contributed by atoms with Gasteiger partial charge in [-0.2, -0.15) is 5.10 Å². The number of nitrogens with zero attached hydrogens (tertiary/aromatic N) is 1. The van der Waals surface area contributed by atoms with Gasteiger partial charge in [0.25, 0.3) is 5.91 Å². The van der Waals surface area contributed by atoms with Crippen LogP contribution in [-0.2, 0) is 4.79 Å². The number of aromatic hydroxyl groups is 1. The molecule has 0 aliphatic heterocycles. The summed E-state index contributed by atoms with van der Waals surface area (Å²) in [4.78, 5) is 11.8. The SMILES string of the molecule is C/C(=N\NC(=O)CNc1ccc(C)cc1)c1cc(C)ccc1O. The lowest BCUT2D eigenvalue weighted by molar-refractivity contribution is -0.119. The molecule has 0 saturated carbocycles. The first-order valence-corrected chi connectivity index (χ1v) is 7.39. The molecule has 0 aromatic heterocycles. The average Bonchev–Trinajstić information content (AvgIpc) is 2.54. The number of hydrogen-bond acceptors (Lipinski definition) is 4. The van der Waals surface area contributed by atoms with Gasteiger partial charge in [0.15, 0.2) is 0 Å². The summed E-state index contributed by atoms with van der Waals surface area (Å²) in [7, 11) is 0. The predicted molar refractivity (Wildman–Crippen MR) is 92.9 cm³/mol. The third-order valence-electron chi connectivity index (χ3n) is 3.39. The minimum absolute atomic E-state index is 0.125. The van der Waals surface area contributed by atoms with Crippen LogP contribution in [0.15, 0.2) is 47.6 Å². The quantitative estimate of drug-likeness (QED) is 0.587. The third-order valence-corrected chi connectivity index (χ3v) is 3.39. The lowest BCUT2D eigenvalue weighted by atomic mass is 10.1. The minimum atomic E-state index is -0.253. The minimum Gasteiger partial charge on any atom is -0.507 e. The third kappa shape index (κ3) is 4.85. The van der Waals surface area contributed by atoms with Gasteiger partial charge in [-0.05, 0) is 45.0 Å².